The number of rotatable bonds is 4. The summed E-state index contributed by atoms with van der Waals surface area (Å²) in [6.07, 6.45) is 1.48. The van der Waals surface area contributed by atoms with Crippen molar-refractivity contribution in [1.29, 1.82) is 0 Å². The molecule has 0 unspecified atom stereocenters. The van der Waals surface area contributed by atoms with Gasteiger partial charge in [-0.3, -0.25) is 0 Å². The van der Waals surface area contributed by atoms with Gasteiger partial charge in [0.2, 0.25) is 0 Å². The lowest BCUT2D eigenvalue weighted by molar-refractivity contribution is 0.0393. The standard InChI is InChI=1S/C21H29N5O4/c1-15-12-26(24-23-15)18-10-11-25(13-17(18)22-19(27)30-21(2,3)4)20(28)29-14-16-8-6-5-7-9-16/h5-9,12,17-18H,10-11,13-14H2,1-4H3,(H,22,27)/t17-,18-/m0/s1. The average Bonchev–Trinajstić information content (AvgIpc) is 3.11. The lowest BCUT2D eigenvalue weighted by Crippen LogP contribution is -2.55. The fourth-order valence-corrected chi connectivity index (χ4v) is 3.36. The highest BCUT2D eigenvalue weighted by atomic mass is 16.6. The van der Waals surface area contributed by atoms with E-state index in [4.69, 9.17) is 9.47 Å². The molecule has 2 amide bonds. The molecule has 1 aromatic carbocycles. The van der Waals surface area contributed by atoms with E-state index in [0.29, 0.717) is 13.0 Å². The third-order valence-corrected chi connectivity index (χ3v) is 4.71. The zero-order chi connectivity index (χ0) is 21.7. The van der Waals surface area contributed by atoms with Crippen molar-refractivity contribution in [3.8, 4) is 0 Å². The Hall–Kier alpha value is -3.10. The van der Waals surface area contributed by atoms with Gasteiger partial charge < -0.3 is 19.7 Å². The molecule has 0 radical (unpaired) electrons. The van der Waals surface area contributed by atoms with Crippen LogP contribution in [-0.4, -0.2) is 56.8 Å². The SMILES string of the molecule is Cc1cn([C@H]2CCN(C(=O)OCc3ccccc3)C[C@@H]2NC(=O)OC(C)(C)C)nn1. The summed E-state index contributed by atoms with van der Waals surface area (Å²) in [6.45, 7) is 8.25. The van der Waals surface area contributed by atoms with Crippen molar-refractivity contribution >= 4 is 12.2 Å². The van der Waals surface area contributed by atoms with Crippen molar-refractivity contribution < 1.29 is 19.1 Å². The number of carbonyl (C=O) groups is 2. The molecular formula is C21H29N5O4. The lowest BCUT2D eigenvalue weighted by atomic mass is 9.99. The third-order valence-electron chi connectivity index (χ3n) is 4.71. The summed E-state index contributed by atoms with van der Waals surface area (Å²) < 4.78 is 12.6. The van der Waals surface area contributed by atoms with Crippen LogP contribution >= 0.6 is 0 Å². The van der Waals surface area contributed by atoms with Gasteiger partial charge in [-0.05, 0) is 39.7 Å². The van der Waals surface area contributed by atoms with Crippen LogP contribution in [0.15, 0.2) is 36.5 Å². The number of carbonyl (C=O) groups excluding carboxylic acids is 2. The summed E-state index contributed by atoms with van der Waals surface area (Å²) in [5, 5.41) is 11.1. The van der Waals surface area contributed by atoms with Gasteiger partial charge in [-0.25, -0.2) is 14.3 Å². The number of aryl methyl sites for hydroxylation is 1. The van der Waals surface area contributed by atoms with Gasteiger partial charge in [-0.15, -0.1) is 5.10 Å². The summed E-state index contributed by atoms with van der Waals surface area (Å²) in [7, 11) is 0. The maximum atomic E-state index is 12.6. The molecule has 9 heteroatoms. The monoisotopic (exact) mass is 415 g/mol. The van der Waals surface area contributed by atoms with E-state index in [1.807, 2.05) is 43.5 Å². The van der Waals surface area contributed by atoms with Gasteiger partial charge in [0.1, 0.15) is 12.2 Å². The van der Waals surface area contributed by atoms with Crippen molar-refractivity contribution in [2.24, 2.45) is 0 Å². The zero-order valence-electron chi connectivity index (χ0n) is 17.9. The molecule has 1 N–H and O–H groups in total. The molecule has 0 aliphatic carbocycles. The van der Waals surface area contributed by atoms with Gasteiger partial charge >= 0.3 is 12.2 Å². The maximum absolute atomic E-state index is 12.6. The van der Waals surface area contributed by atoms with Crippen LogP contribution < -0.4 is 5.32 Å². The van der Waals surface area contributed by atoms with Crippen LogP contribution in [-0.2, 0) is 16.1 Å². The number of hydrogen-bond acceptors (Lipinski definition) is 6. The number of benzene rings is 1. The number of ether oxygens (including phenoxy) is 2. The molecule has 9 nitrogen and oxygen atoms in total. The Morgan fingerprint density at radius 3 is 2.60 bits per heavy atom. The molecule has 1 aliphatic rings. The lowest BCUT2D eigenvalue weighted by Gasteiger charge is -2.38. The Labute approximate surface area is 176 Å². The minimum absolute atomic E-state index is 0.142. The van der Waals surface area contributed by atoms with Gasteiger partial charge in [0, 0.05) is 19.3 Å². The van der Waals surface area contributed by atoms with Gasteiger partial charge in [-0.2, -0.15) is 0 Å². The molecule has 0 bridgehead atoms. The number of nitrogens with one attached hydrogen (secondary N) is 1. The van der Waals surface area contributed by atoms with Crippen LogP contribution in [0.2, 0.25) is 0 Å². The molecule has 1 fully saturated rings. The Morgan fingerprint density at radius 2 is 1.97 bits per heavy atom. The number of hydrogen-bond donors (Lipinski definition) is 1. The van der Waals surface area contributed by atoms with Crippen molar-refractivity contribution in [2.45, 2.75) is 58.4 Å². The first-order valence-electron chi connectivity index (χ1n) is 10.0. The van der Waals surface area contributed by atoms with Gasteiger partial charge in [-0.1, -0.05) is 35.5 Å². The van der Waals surface area contributed by atoms with E-state index in [9.17, 15) is 9.59 Å². The van der Waals surface area contributed by atoms with Crippen LogP contribution in [0.5, 0.6) is 0 Å². The zero-order valence-corrected chi connectivity index (χ0v) is 17.9. The van der Waals surface area contributed by atoms with E-state index in [-0.39, 0.29) is 25.2 Å². The summed E-state index contributed by atoms with van der Waals surface area (Å²) in [4.78, 5) is 26.6. The van der Waals surface area contributed by atoms with Crippen molar-refractivity contribution in [2.75, 3.05) is 13.1 Å². The summed E-state index contributed by atoms with van der Waals surface area (Å²) in [6, 6.07) is 8.98. The number of alkyl carbamates (subject to hydrolysis) is 1. The Balaban J connectivity index is 1.67. The fourth-order valence-electron chi connectivity index (χ4n) is 3.36. The van der Waals surface area contributed by atoms with E-state index in [1.165, 1.54) is 0 Å². The quantitative estimate of drug-likeness (QED) is 0.824. The fraction of sp³-hybridized carbons (Fsp3) is 0.524. The van der Waals surface area contributed by atoms with E-state index < -0.39 is 17.8 Å². The van der Waals surface area contributed by atoms with Gasteiger partial charge in [0.05, 0.1) is 17.8 Å². The second kappa shape index (κ2) is 9.15. The number of nitrogens with zero attached hydrogens (tertiary/aromatic N) is 4. The Bertz CT molecular complexity index is 862. The van der Waals surface area contributed by atoms with Crippen LogP contribution in [0.3, 0.4) is 0 Å². The maximum Gasteiger partial charge on any atom is 0.410 e. The predicted octanol–water partition coefficient (Wildman–Crippen LogP) is 3.06. The summed E-state index contributed by atoms with van der Waals surface area (Å²) in [5.41, 5.74) is 1.09. The van der Waals surface area contributed by atoms with Crippen LogP contribution in [0.1, 0.15) is 44.5 Å². The molecule has 30 heavy (non-hydrogen) atoms. The minimum Gasteiger partial charge on any atom is -0.445 e. The predicted molar refractivity (Wildman–Crippen MR) is 110 cm³/mol. The molecular weight excluding hydrogens is 386 g/mol. The highest BCUT2D eigenvalue weighted by molar-refractivity contribution is 5.70. The third kappa shape index (κ3) is 5.95. The van der Waals surface area contributed by atoms with Crippen LogP contribution in [0, 0.1) is 6.92 Å². The normalized spacial score (nSPS) is 19.3. The van der Waals surface area contributed by atoms with E-state index in [1.54, 1.807) is 30.4 Å². The average molecular weight is 415 g/mol. The highest BCUT2D eigenvalue weighted by Crippen LogP contribution is 2.24. The van der Waals surface area contributed by atoms with Gasteiger partial charge in [0.15, 0.2) is 0 Å². The second-order valence-corrected chi connectivity index (χ2v) is 8.43. The molecule has 0 saturated carbocycles. The molecule has 162 valence electrons. The molecule has 2 heterocycles. The summed E-state index contributed by atoms with van der Waals surface area (Å²) >= 11 is 0. The molecule has 1 saturated heterocycles. The summed E-state index contributed by atoms with van der Waals surface area (Å²) in [5.74, 6) is 0. The van der Waals surface area contributed by atoms with E-state index in [2.05, 4.69) is 15.6 Å². The molecule has 3 rings (SSSR count). The Kier molecular flexibility index (Phi) is 6.59. The minimum atomic E-state index is -0.619. The number of amides is 2. The van der Waals surface area contributed by atoms with Gasteiger partial charge in [0.25, 0.3) is 0 Å². The largest absolute Gasteiger partial charge is 0.445 e. The molecule has 1 aliphatic heterocycles. The highest BCUT2D eigenvalue weighted by Gasteiger charge is 2.36. The van der Waals surface area contributed by atoms with E-state index in [0.717, 1.165) is 11.3 Å². The first kappa shape index (κ1) is 21.6. The van der Waals surface area contributed by atoms with Crippen molar-refractivity contribution in [1.82, 2.24) is 25.2 Å². The first-order valence-corrected chi connectivity index (χ1v) is 10.0. The second-order valence-electron chi connectivity index (χ2n) is 8.43. The number of aromatic nitrogens is 3. The molecule has 1 aromatic heterocycles. The van der Waals surface area contributed by atoms with Crippen LogP contribution in [0.4, 0.5) is 9.59 Å². The van der Waals surface area contributed by atoms with E-state index >= 15 is 0 Å². The Morgan fingerprint density at radius 1 is 1.23 bits per heavy atom. The van der Waals surface area contributed by atoms with Crippen molar-refractivity contribution in [3.05, 3.63) is 47.8 Å². The molecule has 0 spiro atoms. The number of likely N-dealkylation sites (tertiary alicyclic amines) is 1. The topological polar surface area (TPSA) is 98.6 Å². The smallest absolute Gasteiger partial charge is 0.410 e. The van der Waals surface area contributed by atoms with Crippen molar-refractivity contribution in [3.63, 3.8) is 0 Å². The first-order chi connectivity index (χ1) is 14.2. The molecule has 2 atom stereocenters. The molecule has 2 aromatic rings. The van der Waals surface area contributed by atoms with Crippen LogP contribution in [0.25, 0.3) is 0 Å². The number of piperidine rings is 1.